The lowest BCUT2D eigenvalue weighted by Crippen LogP contribution is -2.22. The molecule has 0 atom stereocenters. The summed E-state index contributed by atoms with van der Waals surface area (Å²) in [7, 11) is 1.75. The van der Waals surface area contributed by atoms with Gasteiger partial charge in [-0.3, -0.25) is 0 Å². The molecule has 0 aliphatic heterocycles. The van der Waals surface area contributed by atoms with E-state index in [0.29, 0.717) is 5.88 Å². The predicted molar refractivity (Wildman–Crippen MR) is 84.3 cm³/mol. The molecule has 2 rings (SSSR count). The molecule has 0 radical (unpaired) electrons. The smallest absolute Gasteiger partial charge is 0.124 e. The van der Waals surface area contributed by atoms with Crippen LogP contribution in [0.1, 0.15) is 31.7 Å². The number of nitrogens with zero attached hydrogens (tertiary/aromatic N) is 2. The predicted octanol–water partition coefficient (Wildman–Crippen LogP) is 4.15. The van der Waals surface area contributed by atoms with Crippen LogP contribution in [0.3, 0.4) is 0 Å². The zero-order valence-corrected chi connectivity index (χ0v) is 13.5. The molecule has 0 spiro atoms. The topological polar surface area (TPSA) is 27.1 Å². The average Bonchev–Trinajstić information content (AvgIpc) is 2.73. The number of ether oxygens (including phenoxy) is 1. The standard InChI is InChI=1S/C16H23ClN2O/c1-12-5-6-14-13(9-12)18-15(10-17)19(14)11-16(2,3)7-8-20-4/h5-6,9H,7-8,10-11H2,1-4H3. The van der Waals surface area contributed by atoms with Crippen LogP contribution < -0.4 is 0 Å². The first-order valence-electron chi connectivity index (χ1n) is 6.97. The van der Waals surface area contributed by atoms with E-state index in [1.807, 2.05) is 0 Å². The quantitative estimate of drug-likeness (QED) is 0.749. The maximum atomic E-state index is 6.07. The van der Waals surface area contributed by atoms with Gasteiger partial charge in [0, 0.05) is 20.3 Å². The van der Waals surface area contributed by atoms with Crippen LogP contribution in [0.2, 0.25) is 0 Å². The van der Waals surface area contributed by atoms with E-state index in [9.17, 15) is 0 Å². The van der Waals surface area contributed by atoms with Gasteiger partial charge in [0.25, 0.3) is 0 Å². The summed E-state index contributed by atoms with van der Waals surface area (Å²) in [5, 5.41) is 0. The Bertz CT molecular complexity index is 589. The molecule has 110 valence electrons. The van der Waals surface area contributed by atoms with Crippen molar-refractivity contribution >= 4 is 22.6 Å². The highest BCUT2D eigenvalue weighted by atomic mass is 35.5. The van der Waals surface area contributed by atoms with Gasteiger partial charge in [-0.25, -0.2) is 4.98 Å². The summed E-state index contributed by atoms with van der Waals surface area (Å²) in [6, 6.07) is 6.38. The van der Waals surface area contributed by atoms with E-state index >= 15 is 0 Å². The molecule has 2 aromatic rings. The molecule has 1 aromatic heterocycles. The van der Waals surface area contributed by atoms with Gasteiger partial charge in [-0.2, -0.15) is 0 Å². The van der Waals surface area contributed by atoms with Gasteiger partial charge in [0.1, 0.15) is 5.82 Å². The number of methoxy groups -OCH3 is 1. The van der Waals surface area contributed by atoms with Crippen LogP contribution in [0.15, 0.2) is 18.2 Å². The molecule has 0 aliphatic carbocycles. The van der Waals surface area contributed by atoms with Gasteiger partial charge in [0.05, 0.1) is 16.9 Å². The third-order valence-electron chi connectivity index (χ3n) is 3.67. The Hall–Kier alpha value is -1.06. The fourth-order valence-electron chi connectivity index (χ4n) is 2.45. The monoisotopic (exact) mass is 294 g/mol. The highest BCUT2D eigenvalue weighted by molar-refractivity contribution is 6.16. The van der Waals surface area contributed by atoms with Gasteiger partial charge >= 0.3 is 0 Å². The number of aromatic nitrogens is 2. The van der Waals surface area contributed by atoms with Crippen LogP contribution in [0.25, 0.3) is 11.0 Å². The normalized spacial score (nSPS) is 12.2. The summed E-state index contributed by atoms with van der Waals surface area (Å²) in [6.07, 6.45) is 1.01. The van der Waals surface area contributed by atoms with E-state index < -0.39 is 0 Å². The number of halogens is 1. The largest absolute Gasteiger partial charge is 0.385 e. The van der Waals surface area contributed by atoms with Crippen molar-refractivity contribution in [3.63, 3.8) is 0 Å². The summed E-state index contributed by atoms with van der Waals surface area (Å²) in [6.45, 7) is 8.27. The zero-order chi connectivity index (χ0) is 14.8. The van der Waals surface area contributed by atoms with Crippen LogP contribution in [-0.4, -0.2) is 23.3 Å². The van der Waals surface area contributed by atoms with Crippen molar-refractivity contribution in [2.75, 3.05) is 13.7 Å². The van der Waals surface area contributed by atoms with Crippen LogP contribution >= 0.6 is 11.6 Å². The van der Waals surface area contributed by atoms with E-state index in [0.717, 1.165) is 36.4 Å². The van der Waals surface area contributed by atoms with E-state index in [4.69, 9.17) is 16.3 Å². The molecule has 3 nitrogen and oxygen atoms in total. The molecule has 0 saturated carbocycles. The van der Waals surface area contributed by atoms with Crippen molar-refractivity contribution in [1.82, 2.24) is 9.55 Å². The third-order valence-corrected chi connectivity index (χ3v) is 3.91. The summed E-state index contributed by atoms with van der Waals surface area (Å²) >= 11 is 6.07. The Kier molecular flexibility index (Phi) is 4.71. The second-order valence-corrected chi connectivity index (χ2v) is 6.41. The molecule has 0 N–H and O–H groups in total. The van der Waals surface area contributed by atoms with E-state index in [1.54, 1.807) is 7.11 Å². The molecular weight excluding hydrogens is 272 g/mol. The number of benzene rings is 1. The molecule has 20 heavy (non-hydrogen) atoms. The molecule has 0 aliphatic rings. The Morgan fingerprint density at radius 1 is 1.35 bits per heavy atom. The molecule has 0 amide bonds. The second-order valence-electron chi connectivity index (χ2n) is 6.15. The molecule has 0 fully saturated rings. The summed E-state index contributed by atoms with van der Waals surface area (Å²) in [4.78, 5) is 4.66. The first-order chi connectivity index (χ1) is 9.46. The van der Waals surface area contributed by atoms with Gasteiger partial charge in [0.15, 0.2) is 0 Å². The molecule has 1 heterocycles. The first kappa shape index (κ1) is 15.3. The summed E-state index contributed by atoms with van der Waals surface area (Å²) in [5.74, 6) is 1.38. The minimum Gasteiger partial charge on any atom is -0.385 e. The zero-order valence-electron chi connectivity index (χ0n) is 12.7. The highest BCUT2D eigenvalue weighted by Crippen LogP contribution is 2.27. The van der Waals surface area contributed by atoms with Gasteiger partial charge < -0.3 is 9.30 Å². The van der Waals surface area contributed by atoms with Crippen molar-refractivity contribution < 1.29 is 4.74 Å². The number of fused-ring (bicyclic) bond motifs is 1. The Morgan fingerprint density at radius 2 is 2.10 bits per heavy atom. The molecule has 4 heteroatoms. The van der Waals surface area contributed by atoms with Crippen LogP contribution in [-0.2, 0) is 17.2 Å². The first-order valence-corrected chi connectivity index (χ1v) is 7.51. The maximum Gasteiger partial charge on any atom is 0.124 e. The Labute approximate surface area is 125 Å². The fraction of sp³-hybridized carbons (Fsp3) is 0.562. The van der Waals surface area contributed by atoms with Crippen LogP contribution in [0.4, 0.5) is 0 Å². The second kappa shape index (κ2) is 6.15. The lowest BCUT2D eigenvalue weighted by atomic mass is 9.89. The summed E-state index contributed by atoms with van der Waals surface area (Å²) < 4.78 is 7.45. The van der Waals surface area contributed by atoms with Gasteiger partial charge in [-0.05, 0) is 36.5 Å². The minimum atomic E-state index is 0.148. The fourth-order valence-corrected chi connectivity index (χ4v) is 2.66. The van der Waals surface area contributed by atoms with Crippen molar-refractivity contribution in [2.24, 2.45) is 5.41 Å². The number of rotatable bonds is 6. The van der Waals surface area contributed by atoms with Gasteiger partial charge in [-0.1, -0.05) is 19.9 Å². The average molecular weight is 295 g/mol. The maximum absolute atomic E-state index is 6.07. The Morgan fingerprint density at radius 3 is 2.75 bits per heavy atom. The molecular formula is C16H23ClN2O. The minimum absolute atomic E-state index is 0.148. The highest BCUT2D eigenvalue weighted by Gasteiger charge is 2.21. The molecule has 0 bridgehead atoms. The van der Waals surface area contributed by atoms with Gasteiger partial charge in [0.2, 0.25) is 0 Å². The van der Waals surface area contributed by atoms with E-state index in [2.05, 4.69) is 48.5 Å². The molecule has 1 aromatic carbocycles. The number of imidazole rings is 1. The van der Waals surface area contributed by atoms with Crippen LogP contribution in [0.5, 0.6) is 0 Å². The molecule has 0 saturated heterocycles. The van der Waals surface area contributed by atoms with E-state index in [-0.39, 0.29) is 5.41 Å². The third kappa shape index (κ3) is 3.33. The van der Waals surface area contributed by atoms with Crippen molar-refractivity contribution in [1.29, 1.82) is 0 Å². The molecule has 0 unspecified atom stereocenters. The SMILES string of the molecule is COCCC(C)(C)Cn1c(CCl)nc2cc(C)ccc21. The van der Waals surface area contributed by atoms with Crippen LogP contribution in [0, 0.1) is 12.3 Å². The van der Waals surface area contributed by atoms with Crippen molar-refractivity contribution in [3.05, 3.63) is 29.6 Å². The Balaban J connectivity index is 2.37. The lowest BCUT2D eigenvalue weighted by molar-refractivity contribution is 0.143. The van der Waals surface area contributed by atoms with E-state index in [1.165, 1.54) is 5.56 Å². The number of alkyl halides is 1. The lowest BCUT2D eigenvalue weighted by Gasteiger charge is -2.26. The van der Waals surface area contributed by atoms with Crippen molar-refractivity contribution in [3.8, 4) is 0 Å². The van der Waals surface area contributed by atoms with Crippen molar-refractivity contribution in [2.45, 2.75) is 39.6 Å². The number of hydrogen-bond donors (Lipinski definition) is 0. The summed E-state index contributed by atoms with van der Waals surface area (Å²) in [5.41, 5.74) is 3.57. The number of aryl methyl sites for hydroxylation is 1. The number of hydrogen-bond acceptors (Lipinski definition) is 2. The van der Waals surface area contributed by atoms with Gasteiger partial charge in [-0.15, -0.1) is 11.6 Å².